The molecule has 0 saturated carbocycles. The highest BCUT2D eigenvalue weighted by Gasteiger charge is 2.30. The number of hydrogen-bond donors (Lipinski definition) is 1. The van der Waals surface area contributed by atoms with Crippen molar-refractivity contribution in [3.05, 3.63) is 48.6 Å². The van der Waals surface area contributed by atoms with E-state index in [9.17, 15) is 9.67 Å². The number of rotatable bonds is 72. The molecule has 1 N–H and O–H groups in total. The highest BCUT2D eigenvalue weighted by Crippen LogP contribution is 2.51. The summed E-state index contributed by atoms with van der Waals surface area (Å²) in [5.41, 5.74) is 0. The molecule has 83 heavy (non-hydrogen) atoms. The Morgan fingerprint density at radius 1 is 0.313 bits per heavy atom. The summed E-state index contributed by atoms with van der Waals surface area (Å²) >= 11 is 0. The zero-order chi connectivity index (χ0) is 60.0. The van der Waals surface area contributed by atoms with Gasteiger partial charge in [0.05, 0.1) is 39.3 Å². The SMILES string of the molecule is CCCCCC/C=C\CCCCCCCCOP(=O)(CN(CCO)CP(OCCCCCCCC/C=C\CCCCCCCC)OCCCCCCCC/C=C\CCCCCCCC)OCCCCCCCC/C=C\CCCCCCCC. The van der Waals surface area contributed by atoms with Crippen LogP contribution in [0.25, 0.3) is 0 Å². The fraction of sp³-hybridized carbons (Fsp3) is 0.892. The number of nitrogens with zero attached hydrogens (tertiary/aromatic N) is 1. The minimum absolute atomic E-state index is 0.0311. The lowest BCUT2D eigenvalue weighted by Crippen LogP contribution is -2.30. The minimum atomic E-state index is -3.48. The molecule has 0 rings (SSSR count). The van der Waals surface area contributed by atoms with Crippen LogP contribution in [0.15, 0.2) is 48.6 Å². The number of hydrogen-bond acceptors (Lipinski definition) is 7. The van der Waals surface area contributed by atoms with E-state index < -0.39 is 16.0 Å². The van der Waals surface area contributed by atoms with Gasteiger partial charge in [-0.3, -0.25) is 9.46 Å². The molecule has 0 saturated heterocycles. The molecule has 1 atom stereocenters. The fourth-order valence-electron chi connectivity index (χ4n) is 10.8. The van der Waals surface area contributed by atoms with Crippen molar-refractivity contribution in [2.24, 2.45) is 0 Å². The van der Waals surface area contributed by atoms with E-state index in [-0.39, 0.29) is 12.9 Å². The fourth-order valence-corrected chi connectivity index (χ4v) is 14.2. The lowest BCUT2D eigenvalue weighted by atomic mass is 10.1. The number of allylic oxidation sites excluding steroid dienone is 8. The number of unbranched alkanes of at least 4 members (excludes halogenated alkanes) is 46. The summed E-state index contributed by atoms with van der Waals surface area (Å²) in [6, 6.07) is 0. The van der Waals surface area contributed by atoms with Gasteiger partial charge in [0.25, 0.3) is 0 Å². The van der Waals surface area contributed by atoms with E-state index in [2.05, 4.69) is 81.2 Å². The van der Waals surface area contributed by atoms with Crippen molar-refractivity contribution in [2.75, 3.05) is 52.2 Å². The van der Waals surface area contributed by atoms with Gasteiger partial charge in [0, 0.05) is 6.54 Å². The van der Waals surface area contributed by atoms with Crippen LogP contribution in [0, 0.1) is 0 Å². The Morgan fingerprint density at radius 2 is 0.530 bits per heavy atom. The molecule has 0 aliphatic carbocycles. The molecule has 492 valence electrons. The van der Waals surface area contributed by atoms with E-state index in [0.29, 0.717) is 39.3 Å². The summed E-state index contributed by atoms with van der Waals surface area (Å²) in [5.74, 6) is 0. The van der Waals surface area contributed by atoms with Gasteiger partial charge in [-0.25, -0.2) is 0 Å². The Balaban J connectivity index is 5.32. The molecular formula is C74H145NO6P2. The summed E-state index contributed by atoms with van der Waals surface area (Å²) < 4.78 is 40.6. The van der Waals surface area contributed by atoms with E-state index in [4.69, 9.17) is 18.1 Å². The highest BCUT2D eigenvalue weighted by molar-refractivity contribution is 7.53. The summed E-state index contributed by atoms with van der Waals surface area (Å²) in [6.07, 6.45) is 87.9. The van der Waals surface area contributed by atoms with Crippen molar-refractivity contribution in [3.8, 4) is 0 Å². The minimum Gasteiger partial charge on any atom is -0.395 e. The largest absolute Gasteiger partial charge is 0.395 e. The van der Waals surface area contributed by atoms with Crippen LogP contribution in [0.2, 0.25) is 0 Å². The Morgan fingerprint density at radius 3 is 0.783 bits per heavy atom. The lowest BCUT2D eigenvalue weighted by Gasteiger charge is -2.29. The van der Waals surface area contributed by atoms with Gasteiger partial charge in [-0.2, -0.15) is 0 Å². The van der Waals surface area contributed by atoms with E-state index in [1.54, 1.807) is 0 Å². The molecule has 9 heteroatoms. The second-order valence-electron chi connectivity index (χ2n) is 24.7. The van der Waals surface area contributed by atoms with Crippen molar-refractivity contribution in [3.63, 3.8) is 0 Å². The first-order valence-electron chi connectivity index (χ1n) is 36.9. The monoisotopic (exact) mass is 1210 g/mol. The molecule has 0 aromatic rings. The zero-order valence-corrected chi connectivity index (χ0v) is 58.1. The van der Waals surface area contributed by atoms with Crippen LogP contribution < -0.4 is 0 Å². The molecule has 0 aromatic heterocycles. The quantitative estimate of drug-likeness (QED) is 0.0369. The van der Waals surface area contributed by atoms with Gasteiger partial charge in [0.1, 0.15) is 6.29 Å². The number of aliphatic hydroxyl groups excluding tert-OH is 1. The first-order valence-corrected chi connectivity index (χ1v) is 40.0. The Labute approximate surface area is 521 Å². The van der Waals surface area contributed by atoms with Crippen molar-refractivity contribution < 1.29 is 27.8 Å². The maximum atomic E-state index is 14.8. The molecule has 0 bridgehead atoms. The van der Waals surface area contributed by atoms with Crippen LogP contribution in [-0.2, 0) is 22.7 Å². The first-order chi connectivity index (χ1) is 41.0. The van der Waals surface area contributed by atoms with Gasteiger partial charge >= 0.3 is 7.60 Å². The third-order valence-electron chi connectivity index (χ3n) is 16.3. The standard InChI is InChI=1S/C74H145NO6P2/c1-5-9-13-17-21-25-29-33-37-40-43-47-51-55-59-63-69-78-82(79-70-64-60-56-52-48-44-41-38-34-30-26-22-18-14-10-6-2)73-75(67-68-76)74-83(77,80-71-65-61-57-53-49-45-36-32-28-24-20-16-12-8-4)81-72-66-62-58-54-50-46-42-39-35-31-27-23-19-15-11-7-3/h28,32-35,37-39,76H,5-27,29-31,36,40-74H2,1-4H3/b32-28-,37-33-,38-34-,39-35-. The molecule has 0 amide bonds. The maximum absolute atomic E-state index is 14.8. The van der Waals surface area contributed by atoms with Gasteiger partial charge in [0.2, 0.25) is 0 Å². The molecular weight excluding hydrogens is 1060 g/mol. The van der Waals surface area contributed by atoms with E-state index in [1.807, 2.05) is 0 Å². The molecule has 0 fully saturated rings. The van der Waals surface area contributed by atoms with Gasteiger partial charge < -0.3 is 23.2 Å². The molecule has 0 radical (unpaired) electrons. The predicted octanol–water partition coefficient (Wildman–Crippen LogP) is 26.1. The normalized spacial score (nSPS) is 13.1. The van der Waals surface area contributed by atoms with Crippen molar-refractivity contribution in [2.45, 2.75) is 374 Å². The maximum Gasteiger partial charge on any atom is 0.344 e. The van der Waals surface area contributed by atoms with Gasteiger partial charge in [-0.15, -0.1) is 0 Å². The second kappa shape index (κ2) is 72.1. The predicted molar refractivity (Wildman–Crippen MR) is 370 cm³/mol. The van der Waals surface area contributed by atoms with Gasteiger partial charge in [-0.05, 0) is 128 Å². The molecule has 1 unspecified atom stereocenters. The van der Waals surface area contributed by atoms with E-state index in [1.165, 1.54) is 295 Å². The summed E-state index contributed by atoms with van der Waals surface area (Å²) in [4.78, 5) is 2.05. The smallest absolute Gasteiger partial charge is 0.344 e. The van der Waals surface area contributed by atoms with Crippen molar-refractivity contribution >= 4 is 16.0 Å². The average molecular weight is 1210 g/mol. The molecule has 0 aliphatic heterocycles. The number of aliphatic hydroxyl groups is 1. The van der Waals surface area contributed by atoms with Crippen LogP contribution in [0.1, 0.15) is 374 Å². The second-order valence-corrected chi connectivity index (χ2v) is 28.2. The van der Waals surface area contributed by atoms with Gasteiger partial charge in [-0.1, -0.05) is 295 Å². The third kappa shape index (κ3) is 67.2. The van der Waals surface area contributed by atoms with Crippen molar-refractivity contribution in [1.29, 1.82) is 0 Å². The zero-order valence-electron chi connectivity index (χ0n) is 56.3. The topological polar surface area (TPSA) is 77.5 Å². The van der Waals surface area contributed by atoms with Crippen LogP contribution in [-0.4, -0.2) is 62.2 Å². The summed E-state index contributed by atoms with van der Waals surface area (Å²) in [5, 5.41) is 10.4. The first kappa shape index (κ1) is 82.4. The Kier molecular flexibility index (Phi) is 71.6. The van der Waals surface area contributed by atoms with Crippen LogP contribution >= 0.6 is 16.0 Å². The highest BCUT2D eigenvalue weighted by atomic mass is 31.2. The van der Waals surface area contributed by atoms with Crippen LogP contribution in [0.5, 0.6) is 0 Å². The summed E-state index contributed by atoms with van der Waals surface area (Å²) in [6.45, 7) is 11.7. The summed E-state index contributed by atoms with van der Waals surface area (Å²) in [7, 11) is -4.74. The Bertz CT molecular complexity index is 1350. The van der Waals surface area contributed by atoms with E-state index in [0.717, 1.165) is 51.4 Å². The molecule has 0 spiro atoms. The lowest BCUT2D eigenvalue weighted by molar-refractivity contribution is 0.167. The molecule has 0 aliphatic rings. The van der Waals surface area contributed by atoms with E-state index >= 15 is 0 Å². The van der Waals surface area contributed by atoms with Crippen molar-refractivity contribution in [1.82, 2.24) is 4.90 Å². The van der Waals surface area contributed by atoms with Crippen LogP contribution in [0.3, 0.4) is 0 Å². The third-order valence-corrected chi connectivity index (χ3v) is 19.7. The Hall–Kier alpha value is -0.620. The average Bonchev–Trinajstić information content (AvgIpc) is 3.50. The molecule has 7 nitrogen and oxygen atoms in total. The molecule has 0 aromatic carbocycles. The molecule has 0 heterocycles. The van der Waals surface area contributed by atoms with Gasteiger partial charge in [0.15, 0.2) is 8.38 Å². The van der Waals surface area contributed by atoms with Crippen LogP contribution in [0.4, 0.5) is 0 Å².